The van der Waals surface area contributed by atoms with Gasteiger partial charge in [0.2, 0.25) is 0 Å². The van der Waals surface area contributed by atoms with E-state index in [0.29, 0.717) is 22.8 Å². The van der Waals surface area contributed by atoms with Crippen LogP contribution in [0, 0.1) is 0 Å². The smallest absolute Gasteiger partial charge is 0.316 e. The van der Waals surface area contributed by atoms with Crippen molar-refractivity contribution in [3.63, 3.8) is 0 Å². The largest absolute Gasteiger partial charge is 0.480 e. The van der Waals surface area contributed by atoms with Crippen molar-refractivity contribution in [3.8, 4) is 0 Å². The Bertz CT molecular complexity index is 620. The predicted molar refractivity (Wildman–Crippen MR) is 72.3 cm³/mol. The summed E-state index contributed by atoms with van der Waals surface area (Å²) in [6.07, 6.45) is 2.23. The fourth-order valence-electron chi connectivity index (χ4n) is 1.51. The molecule has 18 heavy (non-hydrogen) atoms. The third-order valence-corrected chi connectivity index (χ3v) is 4.59. The normalized spacial score (nSPS) is 12.7. The molecule has 1 N–H and O–H groups in total. The van der Waals surface area contributed by atoms with Gasteiger partial charge in [0.05, 0.1) is 5.69 Å². The fraction of sp³-hybridized carbons (Fsp3) is 0.364. The van der Waals surface area contributed by atoms with E-state index in [2.05, 4.69) is 4.98 Å². The summed E-state index contributed by atoms with van der Waals surface area (Å²) in [6.45, 7) is 1.83. The number of aromatic nitrogens is 2. The molecule has 1 atom stereocenters. The molecule has 2 heterocycles. The van der Waals surface area contributed by atoms with Crippen molar-refractivity contribution < 1.29 is 9.90 Å². The maximum absolute atomic E-state index is 11.7. The Morgan fingerprint density at radius 1 is 1.67 bits per heavy atom. The van der Waals surface area contributed by atoms with Gasteiger partial charge in [0.1, 0.15) is 5.25 Å². The first kappa shape index (κ1) is 13.1. The van der Waals surface area contributed by atoms with Crippen LogP contribution in [0.3, 0.4) is 0 Å². The molecule has 1 unspecified atom stereocenters. The number of nitrogens with zero attached hydrogens (tertiary/aromatic N) is 2. The van der Waals surface area contributed by atoms with Crippen molar-refractivity contribution in [2.45, 2.75) is 24.3 Å². The van der Waals surface area contributed by atoms with Crippen LogP contribution in [0.2, 0.25) is 0 Å². The molecule has 2 aromatic rings. The van der Waals surface area contributed by atoms with E-state index >= 15 is 0 Å². The van der Waals surface area contributed by atoms with Gasteiger partial charge >= 0.3 is 5.97 Å². The second-order valence-corrected chi connectivity index (χ2v) is 5.75. The molecule has 7 heteroatoms. The van der Waals surface area contributed by atoms with Crippen molar-refractivity contribution in [2.24, 2.45) is 0 Å². The lowest BCUT2D eigenvalue weighted by molar-refractivity contribution is -0.136. The number of fused-ring (bicyclic) bond motifs is 1. The predicted octanol–water partition coefficient (Wildman–Crippen LogP) is 1.85. The van der Waals surface area contributed by atoms with Crippen LogP contribution in [0.4, 0.5) is 0 Å². The first-order valence-corrected chi connectivity index (χ1v) is 7.35. The second kappa shape index (κ2) is 5.53. The highest BCUT2D eigenvalue weighted by Gasteiger charge is 2.16. The molecule has 0 saturated heterocycles. The molecule has 5 nitrogen and oxygen atoms in total. The Morgan fingerprint density at radius 3 is 3.11 bits per heavy atom. The highest BCUT2D eigenvalue weighted by Crippen LogP contribution is 2.19. The summed E-state index contributed by atoms with van der Waals surface area (Å²) in [5.41, 5.74) is 0.507. The minimum atomic E-state index is -0.823. The quantitative estimate of drug-likeness (QED) is 0.907. The van der Waals surface area contributed by atoms with Crippen LogP contribution in [0.5, 0.6) is 0 Å². The van der Waals surface area contributed by atoms with Gasteiger partial charge in [-0.05, 0) is 6.42 Å². The van der Waals surface area contributed by atoms with E-state index in [0.717, 1.165) is 0 Å². The molecule has 0 aliphatic rings. The number of carboxylic acids is 1. The lowest BCUT2D eigenvalue weighted by atomic mass is 10.3. The number of thiazole rings is 1. The topological polar surface area (TPSA) is 71.7 Å². The molecule has 0 aliphatic carbocycles. The molecule has 0 bridgehead atoms. The average Bonchev–Trinajstić information content (AvgIpc) is 2.78. The van der Waals surface area contributed by atoms with Crippen LogP contribution in [0.15, 0.2) is 22.4 Å². The summed E-state index contributed by atoms with van der Waals surface area (Å²) < 4.78 is 1.48. The van der Waals surface area contributed by atoms with Gasteiger partial charge in [-0.15, -0.1) is 23.1 Å². The van der Waals surface area contributed by atoms with Gasteiger partial charge in [0.15, 0.2) is 4.96 Å². The van der Waals surface area contributed by atoms with Crippen molar-refractivity contribution in [3.05, 3.63) is 33.7 Å². The molecule has 0 radical (unpaired) electrons. The molecule has 0 aromatic carbocycles. The van der Waals surface area contributed by atoms with E-state index in [1.165, 1.54) is 33.6 Å². The van der Waals surface area contributed by atoms with Gasteiger partial charge in [0.25, 0.3) is 5.56 Å². The number of thioether (sulfide) groups is 1. The zero-order valence-corrected chi connectivity index (χ0v) is 11.3. The molecule has 96 valence electrons. The van der Waals surface area contributed by atoms with E-state index in [1.54, 1.807) is 11.6 Å². The fourth-order valence-corrected chi connectivity index (χ4v) is 3.15. The van der Waals surface area contributed by atoms with Gasteiger partial charge < -0.3 is 5.11 Å². The third-order valence-electron chi connectivity index (χ3n) is 2.43. The van der Waals surface area contributed by atoms with Gasteiger partial charge in [0, 0.05) is 23.4 Å². The van der Waals surface area contributed by atoms with Gasteiger partial charge in [-0.2, -0.15) is 0 Å². The Balaban J connectivity index is 2.17. The number of aliphatic carboxylic acids is 1. The van der Waals surface area contributed by atoms with Crippen LogP contribution < -0.4 is 5.56 Å². The third kappa shape index (κ3) is 2.73. The van der Waals surface area contributed by atoms with Crippen LogP contribution >= 0.6 is 23.1 Å². The first-order valence-electron chi connectivity index (χ1n) is 5.42. The van der Waals surface area contributed by atoms with E-state index < -0.39 is 11.2 Å². The Labute approximate surface area is 111 Å². The maximum Gasteiger partial charge on any atom is 0.316 e. The lowest BCUT2D eigenvalue weighted by Gasteiger charge is -2.08. The zero-order valence-electron chi connectivity index (χ0n) is 9.70. The molecular formula is C11H12N2O3S2. The number of hydrogen-bond acceptors (Lipinski definition) is 5. The van der Waals surface area contributed by atoms with Gasteiger partial charge in [-0.1, -0.05) is 6.92 Å². The van der Waals surface area contributed by atoms with Crippen LogP contribution in [0.25, 0.3) is 4.96 Å². The van der Waals surface area contributed by atoms with E-state index in [-0.39, 0.29) is 5.56 Å². The second-order valence-electron chi connectivity index (χ2n) is 3.69. The van der Waals surface area contributed by atoms with E-state index in [1.807, 2.05) is 6.92 Å². The van der Waals surface area contributed by atoms with Gasteiger partial charge in [-0.3, -0.25) is 14.0 Å². The molecular weight excluding hydrogens is 272 g/mol. The van der Waals surface area contributed by atoms with Crippen molar-refractivity contribution >= 4 is 34.0 Å². The Kier molecular flexibility index (Phi) is 4.03. The summed E-state index contributed by atoms with van der Waals surface area (Å²) in [6, 6.07) is 1.46. The highest BCUT2D eigenvalue weighted by atomic mass is 32.2. The number of carbonyl (C=O) groups is 1. The summed E-state index contributed by atoms with van der Waals surface area (Å²) >= 11 is 2.69. The first-order chi connectivity index (χ1) is 8.61. The summed E-state index contributed by atoms with van der Waals surface area (Å²) in [7, 11) is 0. The Morgan fingerprint density at radius 2 is 2.44 bits per heavy atom. The standard InChI is InChI=1S/C11H12N2O3S2/c1-2-8(10(15)16)18-6-7-5-9(14)13-3-4-17-11(13)12-7/h3-5,8H,2,6H2,1H3,(H,15,16). The number of rotatable bonds is 5. The van der Waals surface area contributed by atoms with Crippen molar-refractivity contribution in [2.75, 3.05) is 0 Å². The Hall–Kier alpha value is -1.34. The molecule has 0 amide bonds. The molecule has 2 aromatic heterocycles. The van der Waals surface area contributed by atoms with Crippen LogP contribution in [0.1, 0.15) is 19.0 Å². The summed E-state index contributed by atoms with van der Waals surface area (Å²) in [5.74, 6) is -0.384. The van der Waals surface area contributed by atoms with Crippen LogP contribution in [-0.4, -0.2) is 25.7 Å². The number of hydrogen-bond donors (Lipinski definition) is 1. The SMILES string of the molecule is CCC(SCc1cc(=O)n2ccsc2n1)C(=O)O. The monoisotopic (exact) mass is 284 g/mol. The summed E-state index contributed by atoms with van der Waals surface area (Å²) in [4.78, 5) is 27.6. The maximum atomic E-state index is 11.7. The summed E-state index contributed by atoms with van der Waals surface area (Å²) in [5, 5.41) is 10.3. The average molecular weight is 284 g/mol. The van der Waals surface area contributed by atoms with Crippen molar-refractivity contribution in [1.29, 1.82) is 0 Å². The lowest BCUT2D eigenvalue weighted by Crippen LogP contribution is -2.16. The molecule has 2 rings (SSSR count). The molecule has 0 fully saturated rings. The molecule has 0 aliphatic heterocycles. The van der Waals surface area contributed by atoms with Crippen LogP contribution in [-0.2, 0) is 10.5 Å². The van der Waals surface area contributed by atoms with Gasteiger partial charge in [-0.25, -0.2) is 4.98 Å². The zero-order chi connectivity index (χ0) is 13.1. The van der Waals surface area contributed by atoms with Crippen molar-refractivity contribution in [1.82, 2.24) is 9.38 Å². The molecule has 0 saturated carbocycles. The highest BCUT2D eigenvalue weighted by molar-refractivity contribution is 7.99. The van der Waals surface area contributed by atoms with E-state index in [9.17, 15) is 9.59 Å². The van der Waals surface area contributed by atoms with E-state index in [4.69, 9.17) is 5.11 Å². The minimum Gasteiger partial charge on any atom is -0.480 e. The number of carboxylic acid groups (broad SMARTS) is 1. The molecule has 0 spiro atoms. The minimum absolute atomic E-state index is 0.125.